The van der Waals surface area contributed by atoms with Crippen molar-refractivity contribution in [2.45, 2.75) is 39.3 Å². The molecule has 0 fully saturated rings. The number of aromatic nitrogens is 2. The van der Waals surface area contributed by atoms with Gasteiger partial charge in [-0.05, 0) is 24.5 Å². The SMILES string of the molecule is CC(C)C[C@H](NC(=O)CNC(=O)CCn1cnc2ccccc2c1=O)C(=O)O. The molecule has 0 aliphatic rings. The Morgan fingerprint density at radius 3 is 2.57 bits per heavy atom. The molecule has 9 nitrogen and oxygen atoms in total. The Balaban J connectivity index is 1.84. The van der Waals surface area contributed by atoms with Gasteiger partial charge < -0.3 is 15.7 Å². The van der Waals surface area contributed by atoms with Gasteiger partial charge >= 0.3 is 5.97 Å². The number of fused-ring (bicyclic) bond motifs is 1. The number of benzene rings is 1. The van der Waals surface area contributed by atoms with E-state index in [1.54, 1.807) is 24.3 Å². The normalized spacial score (nSPS) is 12.0. The zero-order valence-electron chi connectivity index (χ0n) is 15.8. The number of carbonyl (C=O) groups is 3. The third-order valence-electron chi connectivity index (χ3n) is 4.10. The summed E-state index contributed by atoms with van der Waals surface area (Å²) in [5.41, 5.74) is 0.341. The molecule has 0 spiro atoms. The summed E-state index contributed by atoms with van der Waals surface area (Å²) in [6, 6.07) is 5.93. The van der Waals surface area contributed by atoms with Crippen LogP contribution >= 0.6 is 0 Å². The Labute approximate surface area is 161 Å². The lowest BCUT2D eigenvalue weighted by molar-refractivity contribution is -0.142. The summed E-state index contributed by atoms with van der Waals surface area (Å²) in [6.07, 6.45) is 1.67. The summed E-state index contributed by atoms with van der Waals surface area (Å²) in [7, 11) is 0. The van der Waals surface area contributed by atoms with Crippen molar-refractivity contribution in [2.24, 2.45) is 5.92 Å². The van der Waals surface area contributed by atoms with Crippen molar-refractivity contribution < 1.29 is 19.5 Å². The van der Waals surface area contributed by atoms with Gasteiger partial charge in [0.2, 0.25) is 11.8 Å². The summed E-state index contributed by atoms with van der Waals surface area (Å²) >= 11 is 0. The summed E-state index contributed by atoms with van der Waals surface area (Å²) in [4.78, 5) is 51.5. The number of rotatable bonds is 9. The van der Waals surface area contributed by atoms with Crippen LogP contribution in [0.15, 0.2) is 35.4 Å². The van der Waals surface area contributed by atoms with E-state index in [0.717, 1.165) is 0 Å². The molecule has 0 aliphatic carbocycles. The van der Waals surface area contributed by atoms with Crippen molar-refractivity contribution in [1.29, 1.82) is 0 Å². The molecule has 28 heavy (non-hydrogen) atoms. The highest BCUT2D eigenvalue weighted by Crippen LogP contribution is 2.05. The van der Waals surface area contributed by atoms with Gasteiger partial charge in [0.25, 0.3) is 5.56 Å². The van der Waals surface area contributed by atoms with Gasteiger partial charge in [0.15, 0.2) is 0 Å². The molecule has 0 radical (unpaired) electrons. The molecule has 3 N–H and O–H groups in total. The van der Waals surface area contributed by atoms with E-state index in [1.807, 2.05) is 13.8 Å². The largest absolute Gasteiger partial charge is 0.480 e. The molecular weight excluding hydrogens is 364 g/mol. The number of amides is 2. The molecule has 1 heterocycles. The van der Waals surface area contributed by atoms with E-state index in [1.165, 1.54) is 10.9 Å². The predicted octanol–water partition coefficient (Wildman–Crippen LogP) is 0.518. The van der Waals surface area contributed by atoms with Gasteiger partial charge in [-0.2, -0.15) is 0 Å². The molecule has 9 heteroatoms. The van der Waals surface area contributed by atoms with Crippen molar-refractivity contribution in [3.8, 4) is 0 Å². The van der Waals surface area contributed by atoms with Crippen LogP contribution in [-0.4, -0.2) is 45.0 Å². The molecule has 2 aromatic rings. The molecule has 0 aliphatic heterocycles. The summed E-state index contributed by atoms with van der Waals surface area (Å²) in [6.45, 7) is 3.50. The molecular formula is C19H24N4O5. The molecule has 0 saturated carbocycles. The van der Waals surface area contributed by atoms with Crippen LogP contribution in [0.3, 0.4) is 0 Å². The minimum Gasteiger partial charge on any atom is -0.480 e. The van der Waals surface area contributed by atoms with Crippen LogP contribution in [0.5, 0.6) is 0 Å². The second-order valence-corrected chi connectivity index (χ2v) is 6.87. The average Bonchev–Trinajstić information content (AvgIpc) is 2.65. The van der Waals surface area contributed by atoms with Gasteiger partial charge in [-0.3, -0.25) is 19.0 Å². The minimum absolute atomic E-state index is 0.0123. The fourth-order valence-corrected chi connectivity index (χ4v) is 2.69. The smallest absolute Gasteiger partial charge is 0.326 e. The summed E-state index contributed by atoms with van der Waals surface area (Å²) in [5.74, 6) is -2.02. The fraction of sp³-hybridized carbons (Fsp3) is 0.421. The number of aliphatic carboxylic acids is 1. The van der Waals surface area contributed by atoms with Crippen molar-refractivity contribution in [2.75, 3.05) is 6.54 Å². The Bertz CT molecular complexity index is 922. The molecule has 0 bridgehead atoms. The second-order valence-electron chi connectivity index (χ2n) is 6.87. The second kappa shape index (κ2) is 9.63. The van der Waals surface area contributed by atoms with Gasteiger partial charge in [0.1, 0.15) is 6.04 Å². The fourth-order valence-electron chi connectivity index (χ4n) is 2.69. The molecule has 2 amide bonds. The number of carbonyl (C=O) groups excluding carboxylic acids is 2. The quantitative estimate of drug-likeness (QED) is 0.574. The Morgan fingerprint density at radius 1 is 1.18 bits per heavy atom. The third-order valence-corrected chi connectivity index (χ3v) is 4.10. The maximum absolute atomic E-state index is 12.4. The van der Waals surface area contributed by atoms with E-state index in [0.29, 0.717) is 17.3 Å². The van der Waals surface area contributed by atoms with E-state index < -0.39 is 23.8 Å². The molecule has 0 saturated heterocycles. The molecule has 150 valence electrons. The Hall–Kier alpha value is -3.23. The molecule has 0 unspecified atom stereocenters. The highest BCUT2D eigenvalue weighted by Gasteiger charge is 2.21. The zero-order valence-corrected chi connectivity index (χ0v) is 15.8. The standard InChI is InChI=1S/C19H24N4O5/c1-12(2)9-15(19(27)28)22-17(25)10-20-16(24)7-8-23-11-21-14-6-4-3-5-13(14)18(23)26/h3-6,11-12,15H,7-10H2,1-2H3,(H,20,24)(H,22,25)(H,27,28)/t15-/m0/s1. The number of aryl methyl sites for hydroxylation is 1. The van der Waals surface area contributed by atoms with E-state index in [4.69, 9.17) is 5.11 Å². The zero-order chi connectivity index (χ0) is 20.7. The van der Waals surface area contributed by atoms with Crippen molar-refractivity contribution in [1.82, 2.24) is 20.2 Å². The Morgan fingerprint density at radius 2 is 1.89 bits per heavy atom. The van der Waals surface area contributed by atoms with Gasteiger partial charge in [0.05, 0.1) is 23.8 Å². The first-order valence-electron chi connectivity index (χ1n) is 9.01. The number of nitrogens with zero attached hydrogens (tertiary/aromatic N) is 2. The van der Waals surface area contributed by atoms with Gasteiger partial charge in [-0.1, -0.05) is 26.0 Å². The highest BCUT2D eigenvalue weighted by molar-refractivity contribution is 5.87. The van der Waals surface area contributed by atoms with Crippen LogP contribution in [0.4, 0.5) is 0 Å². The van der Waals surface area contributed by atoms with Gasteiger partial charge in [-0.15, -0.1) is 0 Å². The van der Waals surface area contributed by atoms with Crippen LogP contribution in [0.25, 0.3) is 10.9 Å². The van der Waals surface area contributed by atoms with Crippen LogP contribution in [0.1, 0.15) is 26.7 Å². The van der Waals surface area contributed by atoms with Gasteiger partial charge in [-0.25, -0.2) is 9.78 Å². The number of hydrogen-bond acceptors (Lipinski definition) is 5. The maximum Gasteiger partial charge on any atom is 0.326 e. The van der Waals surface area contributed by atoms with Crippen molar-refractivity contribution in [3.63, 3.8) is 0 Å². The number of carboxylic acids is 1. The van der Waals surface area contributed by atoms with Gasteiger partial charge in [0, 0.05) is 13.0 Å². The van der Waals surface area contributed by atoms with E-state index in [-0.39, 0.29) is 31.0 Å². The number of para-hydroxylation sites is 1. The van der Waals surface area contributed by atoms with Crippen molar-refractivity contribution >= 4 is 28.7 Å². The lowest BCUT2D eigenvalue weighted by atomic mass is 10.0. The Kier molecular flexibility index (Phi) is 7.25. The summed E-state index contributed by atoms with van der Waals surface area (Å²) in [5, 5.41) is 14.4. The first-order chi connectivity index (χ1) is 13.3. The minimum atomic E-state index is -1.11. The lowest BCUT2D eigenvalue weighted by Gasteiger charge is -2.16. The monoisotopic (exact) mass is 388 g/mol. The predicted molar refractivity (Wildman–Crippen MR) is 103 cm³/mol. The molecule has 1 atom stereocenters. The van der Waals surface area contributed by atoms with E-state index >= 15 is 0 Å². The van der Waals surface area contributed by atoms with Crippen LogP contribution < -0.4 is 16.2 Å². The molecule has 1 aromatic carbocycles. The van der Waals surface area contributed by atoms with Crippen LogP contribution in [0, 0.1) is 5.92 Å². The lowest BCUT2D eigenvalue weighted by Crippen LogP contribution is -2.46. The first kappa shape index (κ1) is 21.1. The molecule has 2 rings (SSSR count). The highest BCUT2D eigenvalue weighted by atomic mass is 16.4. The number of nitrogens with one attached hydrogen (secondary N) is 2. The van der Waals surface area contributed by atoms with E-state index in [9.17, 15) is 19.2 Å². The number of hydrogen-bond donors (Lipinski definition) is 3. The average molecular weight is 388 g/mol. The first-order valence-corrected chi connectivity index (χ1v) is 9.01. The topological polar surface area (TPSA) is 130 Å². The number of carboxylic acid groups (broad SMARTS) is 1. The van der Waals surface area contributed by atoms with Crippen LogP contribution in [0.2, 0.25) is 0 Å². The van der Waals surface area contributed by atoms with Crippen molar-refractivity contribution in [3.05, 3.63) is 40.9 Å². The van der Waals surface area contributed by atoms with E-state index in [2.05, 4.69) is 15.6 Å². The summed E-state index contributed by atoms with van der Waals surface area (Å²) < 4.78 is 1.34. The molecule has 1 aromatic heterocycles. The van der Waals surface area contributed by atoms with Crippen LogP contribution in [-0.2, 0) is 20.9 Å². The third kappa shape index (κ3) is 5.90. The maximum atomic E-state index is 12.4.